The topological polar surface area (TPSA) is 92.0 Å². The molecule has 1 saturated heterocycles. The molecule has 1 saturated carbocycles. The summed E-state index contributed by atoms with van der Waals surface area (Å²) in [5, 5.41) is 4.11. The van der Waals surface area contributed by atoms with E-state index in [4.69, 9.17) is 5.84 Å². The summed E-state index contributed by atoms with van der Waals surface area (Å²) >= 11 is 1.91. The summed E-state index contributed by atoms with van der Waals surface area (Å²) in [6, 6.07) is 0.430. The first-order chi connectivity index (χ1) is 10.3. The predicted octanol–water partition coefficient (Wildman–Crippen LogP) is 1.45. The van der Waals surface area contributed by atoms with E-state index in [2.05, 4.69) is 36.9 Å². The van der Waals surface area contributed by atoms with E-state index in [1.807, 2.05) is 11.8 Å². The molecule has 2 atom stereocenters. The van der Waals surface area contributed by atoms with Gasteiger partial charge < -0.3 is 10.2 Å². The zero-order valence-corrected chi connectivity index (χ0v) is 13.2. The molecule has 0 spiro atoms. The number of thioether (sulfide) groups is 1. The van der Waals surface area contributed by atoms with Crippen molar-refractivity contribution < 1.29 is 0 Å². The van der Waals surface area contributed by atoms with Gasteiger partial charge in [0.25, 0.3) is 0 Å². The fourth-order valence-electron chi connectivity index (χ4n) is 3.09. The van der Waals surface area contributed by atoms with Gasteiger partial charge in [0.15, 0.2) is 0 Å². The molecule has 0 amide bonds. The van der Waals surface area contributed by atoms with Crippen molar-refractivity contribution in [2.45, 2.75) is 43.4 Å². The number of nitrogens with zero attached hydrogens (tertiary/aromatic N) is 4. The summed E-state index contributed by atoms with van der Waals surface area (Å²) < 4.78 is 0. The van der Waals surface area contributed by atoms with Crippen LogP contribution < -0.4 is 21.5 Å². The Bertz CT molecular complexity index is 478. The summed E-state index contributed by atoms with van der Waals surface area (Å²) in [5.41, 5.74) is 2.55. The average Bonchev–Trinajstić information content (AvgIpc) is 3.18. The van der Waals surface area contributed by atoms with E-state index in [0.29, 0.717) is 23.2 Å². The van der Waals surface area contributed by atoms with E-state index < -0.39 is 0 Å². The Labute approximate surface area is 129 Å². The third kappa shape index (κ3) is 3.32. The lowest BCUT2D eigenvalue weighted by atomic mass is 10.2. The van der Waals surface area contributed by atoms with Gasteiger partial charge in [-0.15, -0.1) is 0 Å². The van der Waals surface area contributed by atoms with E-state index in [1.54, 1.807) is 0 Å². The van der Waals surface area contributed by atoms with Crippen molar-refractivity contribution in [3.8, 4) is 0 Å². The van der Waals surface area contributed by atoms with Crippen LogP contribution in [0.4, 0.5) is 17.8 Å². The minimum atomic E-state index is 0.424. The Balaban J connectivity index is 1.78. The van der Waals surface area contributed by atoms with Gasteiger partial charge in [0.2, 0.25) is 17.8 Å². The van der Waals surface area contributed by atoms with Crippen molar-refractivity contribution in [3.63, 3.8) is 0 Å². The van der Waals surface area contributed by atoms with Gasteiger partial charge in [-0.3, -0.25) is 5.43 Å². The standard InChI is InChI=1S/C13H23N7S/c1-21-10-6-4-5-9(10)15-11-16-12(19-14)18-13(17-11)20-7-2-3-8-20/h9-10H,2-8,14H2,1H3,(H2,15,16,17,18,19). The lowest BCUT2D eigenvalue weighted by molar-refractivity contribution is 0.752. The number of hydrogen-bond acceptors (Lipinski definition) is 8. The maximum atomic E-state index is 5.49. The molecule has 7 nitrogen and oxygen atoms in total. The number of nitrogens with two attached hydrogens (primary N) is 1. The summed E-state index contributed by atoms with van der Waals surface area (Å²) in [6.07, 6.45) is 8.23. The Morgan fingerprint density at radius 3 is 2.57 bits per heavy atom. The number of hydrogen-bond donors (Lipinski definition) is 3. The molecule has 21 heavy (non-hydrogen) atoms. The fourth-order valence-corrected chi connectivity index (χ4v) is 4.03. The minimum absolute atomic E-state index is 0.424. The molecule has 116 valence electrons. The van der Waals surface area contributed by atoms with Crippen LogP contribution in [0, 0.1) is 0 Å². The van der Waals surface area contributed by atoms with Gasteiger partial charge in [-0.25, -0.2) is 5.84 Å². The van der Waals surface area contributed by atoms with E-state index in [1.165, 1.54) is 32.1 Å². The Hall–Kier alpha value is -1.28. The van der Waals surface area contributed by atoms with Crippen molar-refractivity contribution in [2.24, 2.45) is 5.84 Å². The predicted molar refractivity (Wildman–Crippen MR) is 87.6 cm³/mol. The zero-order valence-electron chi connectivity index (χ0n) is 12.4. The first-order valence-corrected chi connectivity index (χ1v) is 8.86. The molecule has 0 aromatic carbocycles. The summed E-state index contributed by atoms with van der Waals surface area (Å²) in [6.45, 7) is 2.01. The Kier molecular flexibility index (Phi) is 4.64. The molecule has 1 aliphatic heterocycles. The smallest absolute Gasteiger partial charge is 0.243 e. The van der Waals surface area contributed by atoms with Crippen LogP contribution in [0.3, 0.4) is 0 Å². The number of rotatable bonds is 5. The van der Waals surface area contributed by atoms with E-state index in [0.717, 1.165) is 19.0 Å². The Morgan fingerprint density at radius 2 is 1.86 bits per heavy atom. The van der Waals surface area contributed by atoms with Crippen molar-refractivity contribution in [1.29, 1.82) is 0 Å². The first-order valence-electron chi connectivity index (χ1n) is 7.57. The van der Waals surface area contributed by atoms with Crippen molar-refractivity contribution in [1.82, 2.24) is 15.0 Å². The van der Waals surface area contributed by atoms with Gasteiger partial charge in [-0.05, 0) is 31.9 Å². The van der Waals surface area contributed by atoms with E-state index in [-0.39, 0.29) is 0 Å². The van der Waals surface area contributed by atoms with Crippen LogP contribution >= 0.6 is 11.8 Å². The van der Waals surface area contributed by atoms with Gasteiger partial charge >= 0.3 is 0 Å². The molecule has 0 radical (unpaired) electrons. The van der Waals surface area contributed by atoms with Crippen molar-refractivity contribution in [3.05, 3.63) is 0 Å². The molecule has 4 N–H and O–H groups in total. The van der Waals surface area contributed by atoms with Crippen LogP contribution in [0.15, 0.2) is 0 Å². The maximum absolute atomic E-state index is 5.49. The van der Waals surface area contributed by atoms with Gasteiger partial charge in [-0.1, -0.05) is 6.42 Å². The van der Waals surface area contributed by atoms with Crippen molar-refractivity contribution >= 4 is 29.6 Å². The molecular formula is C13H23N7S. The molecule has 0 bridgehead atoms. The highest BCUT2D eigenvalue weighted by atomic mass is 32.2. The molecule has 8 heteroatoms. The molecule has 1 aromatic heterocycles. The average molecular weight is 309 g/mol. The summed E-state index contributed by atoms with van der Waals surface area (Å²) in [7, 11) is 0. The van der Waals surface area contributed by atoms with Crippen LogP contribution in [0.2, 0.25) is 0 Å². The number of anilines is 3. The summed E-state index contributed by atoms with van der Waals surface area (Å²) in [4.78, 5) is 15.5. The Morgan fingerprint density at radius 1 is 1.10 bits per heavy atom. The third-order valence-electron chi connectivity index (χ3n) is 4.21. The first kappa shape index (κ1) is 14.6. The quantitative estimate of drug-likeness (QED) is 0.556. The molecule has 2 heterocycles. The highest BCUT2D eigenvalue weighted by molar-refractivity contribution is 7.99. The highest BCUT2D eigenvalue weighted by Crippen LogP contribution is 2.30. The van der Waals surface area contributed by atoms with Gasteiger partial charge in [-0.2, -0.15) is 26.7 Å². The highest BCUT2D eigenvalue weighted by Gasteiger charge is 2.27. The maximum Gasteiger partial charge on any atom is 0.243 e. The lowest BCUT2D eigenvalue weighted by Gasteiger charge is -2.21. The van der Waals surface area contributed by atoms with Crippen LogP contribution in [-0.4, -0.2) is 45.6 Å². The third-order valence-corrected chi connectivity index (χ3v) is 5.38. The molecule has 2 fully saturated rings. The molecular weight excluding hydrogens is 286 g/mol. The number of nitrogen functional groups attached to an aromatic ring is 1. The molecule has 1 aliphatic carbocycles. The largest absolute Gasteiger partial charge is 0.350 e. The molecule has 2 unspecified atom stereocenters. The van der Waals surface area contributed by atoms with Crippen LogP contribution in [0.25, 0.3) is 0 Å². The fraction of sp³-hybridized carbons (Fsp3) is 0.769. The normalized spacial score (nSPS) is 25.3. The number of nitrogens with one attached hydrogen (secondary N) is 2. The minimum Gasteiger partial charge on any atom is -0.350 e. The SMILES string of the molecule is CSC1CCCC1Nc1nc(NN)nc(N2CCCC2)n1. The second-order valence-corrected chi connectivity index (χ2v) is 6.65. The van der Waals surface area contributed by atoms with Gasteiger partial charge in [0.05, 0.1) is 0 Å². The molecule has 2 aliphatic rings. The van der Waals surface area contributed by atoms with Gasteiger partial charge in [0.1, 0.15) is 0 Å². The van der Waals surface area contributed by atoms with Gasteiger partial charge in [0, 0.05) is 24.4 Å². The second kappa shape index (κ2) is 6.65. The zero-order chi connectivity index (χ0) is 14.7. The van der Waals surface area contributed by atoms with E-state index >= 15 is 0 Å². The summed E-state index contributed by atoms with van der Waals surface area (Å²) in [5.74, 6) is 7.27. The second-order valence-electron chi connectivity index (χ2n) is 5.58. The molecule has 1 aromatic rings. The lowest BCUT2D eigenvalue weighted by Crippen LogP contribution is -2.29. The van der Waals surface area contributed by atoms with Crippen LogP contribution in [0.1, 0.15) is 32.1 Å². The molecule has 3 rings (SSSR count). The number of aromatic nitrogens is 3. The van der Waals surface area contributed by atoms with E-state index in [9.17, 15) is 0 Å². The van der Waals surface area contributed by atoms with Crippen LogP contribution in [0.5, 0.6) is 0 Å². The van der Waals surface area contributed by atoms with Crippen LogP contribution in [-0.2, 0) is 0 Å². The number of hydrazine groups is 1. The monoisotopic (exact) mass is 309 g/mol. The van der Waals surface area contributed by atoms with Crippen molar-refractivity contribution in [2.75, 3.05) is 35.0 Å².